The summed E-state index contributed by atoms with van der Waals surface area (Å²) in [5, 5.41) is 33.0. The maximum Gasteiger partial charge on any atom is 0.303 e. The van der Waals surface area contributed by atoms with Gasteiger partial charge in [0.2, 0.25) is 0 Å². The number of aliphatic hydroxyl groups excluding tert-OH is 3. The molecule has 0 aromatic heterocycles. The highest BCUT2D eigenvalue weighted by atomic mass is 16.6. The van der Waals surface area contributed by atoms with Crippen LogP contribution < -0.4 is 0 Å². The summed E-state index contributed by atoms with van der Waals surface area (Å²) in [6.07, 6.45) is 6.69. The van der Waals surface area contributed by atoms with Crippen molar-refractivity contribution in [3.63, 3.8) is 0 Å². The summed E-state index contributed by atoms with van der Waals surface area (Å²) >= 11 is 0. The van der Waals surface area contributed by atoms with Crippen LogP contribution in [0.1, 0.15) is 87.0 Å². The van der Waals surface area contributed by atoms with Gasteiger partial charge >= 0.3 is 5.97 Å². The maximum absolute atomic E-state index is 14.2. The first-order chi connectivity index (χ1) is 17.5. The Balaban J connectivity index is 1.67. The van der Waals surface area contributed by atoms with E-state index in [-0.39, 0.29) is 36.1 Å². The van der Waals surface area contributed by atoms with Crippen molar-refractivity contribution in [3.8, 4) is 0 Å². The normalized spacial score (nSPS) is 41.1. The van der Waals surface area contributed by atoms with Crippen LogP contribution in [0.5, 0.6) is 0 Å². The molecule has 0 radical (unpaired) electrons. The molecule has 0 spiro atoms. The van der Waals surface area contributed by atoms with Crippen molar-refractivity contribution in [3.05, 3.63) is 23.8 Å². The third kappa shape index (κ3) is 4.06. The molecule has 212 valence electrons. The second-order valence-electron chi connectivity index (χ2n) is 14.0. The highest BCUT2D eigenvalue weighted by Crippen LogP contribution is 2.73. The molecule has 0 aromatic rings. The van der Waals surface area contributed by atoms with Gasteiger partial charge in [-0.1, -0.05) is 39.3 Å². The zero-order valence-electron chi connectivity index (χ0n) is 24.0. The second kappa shape index (κ2) is 9.38. The highest BCUT2D eigenvalue weighted by Gasteiger charge is 2.72. The fourth-order valence-corrected chi connectivity index (χ4v) is 9.02. The molecular weight excluding hydrogens is 484 g/mol. The van der Waals surface area contributed by atoms with Gasteiger partial charge in [0.15, 0.2) is 5.78 Å². The van der Waals surface area contributed by atoms with Crippen LogP contribution >= 0.6 is 0 Å². The van der Waals surface area contributed by atoms with E-state index >= 15 is 0 Å². The lowest BCUT2D eigenvalue weighted by Gasteiger charge is -2.65. The van der Waals surface area contributed by atoms with Crippen molar-refractivity contribution in [1.29, 1.82) is 0 Å². The number of fused-ring (bicyclic) bond motifs is 5. The number of carbonyl (C=O) groups excluding carboxylic acids is 3. The minimum atomic E-state index is -1.28. The summed E-state index contributed by atoms with van der Waals surface area (Å²) in [6.45, 7) is 12.7. The van der Waals surface area contributed by atoms with Gasteiger partial charge in [-0.2, -0.15) is 0 Å². The molecule has 4 aliphatic rings. The van der Waals surface area contributed by atoms with Gasteiger partial charge in [-0.3, -0.25) is 14.4 Å². The minimum Gasteiger partial charge on any atom is -0.456 e. The quantitative estimate of drug-likeness (QED) is 0.270. The predicted molar refractivity (Wildman–Crippen MR) is 143 cm³/mol. The number of ketones is 2. The summed E-state index contributed by atoms with van der Waals surface area (Å²) < 4.78 is 5.23. The first kappa shape index (κ1) is 29.2. The Morgan fingerprint density at radius 3 is 2.42 bits per heavy atom. The van der Waals surface area contributed by atoms with Gasteiger partial charge in [-0.25, -0.2) is 0 Å². The Bertz CT molecular complexity index is 1070. The number of allylic oxidation sites excluding steroid dienone is 1. The largest absolute Gasteiger partial charge is 0.456 e. The van der Waals surface area contributed by atoms with E-state index in [1.165, 1.54) is 19.1 Å². The Kier molecular flexibility index (Phi) is 7.20. The molecule has 4 aliphatic carbocycles. The Hall–Kier alpha value is -1.83. The van der Waals surface area contributed by atoms with Crippen molar-refractivity contribution >= 4 is 17.5 Å². The van der Waals surface area contributed by atoms with Crippen LogP contribution in [0.2, 0.25) is 0 Å². The third-order valence-corrected chi connectivity index (χ3v) is 11.4. The Morgan fingerprint density at radius 2 is 1.82 bits per heavy atom. The fourth-order valence-electron chi connectivity index (χ4n) is 9.02. The SMILES string of the molecule is CC(=O)OC(C)(C)/C=C/C(=O)C(O)C1CCC2(C)C3CC=C4C(CCC(O)C4(C)C)C3(CO)C(=O)CC12C. The molecule has 0 bridgehead atoms. The standard InChI is InChI=1S/C31H46O7/c1-18(33)38-27(2,3)14-13-22(34)26(37)21-12-15-29(6)23-10-8-19-20(9-11-24(35)28(19,4)5)31(23,17-32)25(36)16-30(21,29)7/h8,13-14,20-21,23-24,26,32,35,37H,9-12,15-17H2,1-7H3/b14-13+. The number of hydrogen-bond donors (Lipinski definition) is 3. The van der Waals surface area contributed by atoms with E-state index in [2.05, 4.69) is 13.0 Å². The number of esters is 1. The van der Waals surface area contributed by atoms with Crippen LogP contribution in [-0.2, 0) is 19.1 Å². The van der Waals surface area contributed by atoms with E-state index in [0.717, 1.165) is 12.0 Å². The average Bonchev–Trinajstić information content (AvgIpc) is 3.09. The molecule has 0 heterocycles. The monoisotopic (exact) mass is 530 g/mol. The summed E-state index contributed by atoms with van der Waals surface area (Å²) in [6, 6.07) is 0. The average molecular weight is 531 g/mol. The van der Waals surface area contributed by atoms with Gasteiger partial charge in [0, 0.05) is 18.8 Å². The van der Waals surface area contributed by atoms with E-state index in [9.17, 15) is 29.7 Å². The van der Waals surface area contributed by atoms with Gasteiger partial charge in [-0.15, -0.1) is 0 Å². The zero-order chi connectivity index (χ0) is 28.5. The molecule has 7 heteroatoms. The summed E-state index contributed by atoms with van der Waals surface area (Å²) in [5.74, 6) is -1.53. The molecule has 0 saturated heterocycles. The smallest absolute Gasteiger partial charge is 0.303 e. The number of hydrogen-bond acceptors (Lipinski definition) is 7. The Labute approximate surface area is 226 Å². The number of carbonyl (C=O) groups is 3. The van der Waals surface area contributed by atoms with Crippen LogP contribution in [0.25, 0.3) is 0 Å². The fraction of sp³-hybridized carbons (Fsp3) is 0.774. The molecule has 38 heavy (non-hydrogen) atoms. The van der Waals surface area contributed by atoms with E-state index < -0.39 is 51.7 Å². The summed E-state index contributed by atoms with van der Waals surface area (Å²) in [4.78, 5) is 38.7. The number of rotatable bonds is 6. The van der Waals surface area contributed by atoms with Gasteiger partial charge in [-0.05, 0) is 86.7 Å². The van der Waals surface area contributed by atoms with Gasteiger partial charge in [0.05, 0.1) is 18.1 Å². The first-order valence-electron chi connectivity index (χ1n) is 14.1. The van der Waals surface area contributed by atoms with Gasteiger partial charge in [0.25, 0.3) is 0 Å². The number of aliphatic hydroxyl groups is 3. The van der Waals surface area contributed by atoms with Gasteiger partial charge in [0.1, 0.15) is 17.5 Å². The third-order valence-electron chi connectivity index (χ3n) is 11.4. The number of Topliss-reactive ketones (excluding diaryl/α,β-unsaturated/α-hetero) is 1. The van der Waals surface area contributed by atoms with Crippen LogP contribution in [0.3, 0.4) is 0 Å². The molecule has 7 nitrogen and oxygen atoms in total. The first-order valence-corrected chi connectivity index (χ1v) is 14.1. The molecular formula is C31H46O7. The molecule has 0 aromatic carbocycles. The van der Waals surface area contributed by atoms with Crippen molar-refractivity contribution in [2.24, 2.45) is 39.4 Å². The summed E-state index contributed by atoms with van der Waals surface area (Å²) in [7, 11) is 0. The van der Waals surface area contributed by atoms with E-state index in [0.29, 0.717) is 25.7 Å². The minimum absolute atomic E-state index is 0.0193. The number of ether oxygens (including phenoxy) is 1. The van der Waals surface area contributed by atoms with Gasteiger partial charge < -0.3 is 20.1 Å². The van der Waals surface area contributed by atoms with E-state index in [4.69, 9.17) is 4.74 Å². The topological polar surface area (TPSA) is 121 Å². The molecule has 8 unspecified atom stereocenters. The van der Waals surface area contributed by atoms with E-state index in [1.54, 1.807) is 13.8 Å². The molecule has 8 atom stereocenters. The summed E-state index contributed by atoms with van der Waals surface area (Å²) in [5.41, 5.74) is -2.23. The molecule has 4 rings (SSSR count). The van der Waals surface area contributed by atoms with Crippen molar-refractivity contribution in [1.82, 2.24) is 0 Å². The van der Waals surface area contributed by atoms with Crippen LogP contribution in [0.15, 0.2) is 23.8 Å². The van der Waals surface area contributed by atoms with Crippen LogP contribution in [-0.4, -0.2) is 57.3 Å². The maximum atomic E-state index is 14.2. The van der Waals surface area contributed by atoms with Crippen LogP contribution in [0.4, 0.5) is 0 Å². The Morgan fingerprint density at radius 1 is 1.16 bits per heavy atom. The van der Waals surface area contributed by atoms with Crippen molar-refractivity contribution < 1.29 is 34.4 Å². The molecule has 3 fully saturated rings. The van der Waals surface area contributed by atoms with Crippen LogP contribution in [0, 0.1) is 39.4 Å². The molecule has 3 saturated carbocycles. The molecule has 0 aliphatic heterocycles. The molecule has 0 amide bonds. The lowest BCUT2D eigenvalue weighted by molar-refractivity contribution is -0.184. The second-order valence-corrected chi connectivity index (χ2v) is 14.0. The zero-order valence-corrected chi connectivity index (χ0v) is 24.0. The van der Waals surface area contributed by atoms with Crippen molar-refractivity contribution in [2.75, 3.05) is 6.61 Å². The van der Waals surface area contributed by atoms with Crippen molar-refractivity contribution in [2.45, 2.75) is 105 Å². The lowest BCUT2D eigenvalue weighted by Crippen LogP contribution is -2.65. The van der Waals surface area contributed by atoms with E-state index in [1.807, 2.05) is 20.8 Å². The molecule has 3 N–H and O–H groups in total. The predicted octanol–water partition coefficient (Wildman–Crippen LogP) is 3.93. The lowest BCUT2D eigenvalue weighted by atomic mass is 9.38. The highest BCUT2D eigenvalue weighted by molar-refractivity contribution is 5.94.